The van der Waals surface area contributed by atoms with Crippen LogP contribution in [0.2, 0.25) is 0 Å². The molecular weight excluding hydrogens is 282 g/mol. The lowest BCUT2D eigenvalue weighted by Crippen LogP contribution is -2.17. The number of anilines is 1. The molecule has 0 radical (unpaired) electrons. The minimum atomic E-state index is 0.421. The predicted octanol–water partition coefficient (Wildman–Crippen LogP) is 2.43. The van der Waals surface area contributed by atoms with Gasteiger partial charge in [0.2, 0.25) is 0 Å². The molecule has 1 aromatic rings. The zero-order valence-electron chi connectivity index (χ0n) is 12.4. The Morgan fingerprint density at radius 3 is 3.05 bits per heavy atom. The summed E-state index contributed by atoms with van der Waals surface area (Å²) in [5.41, 5.74) is 9.21. The van der Waals surface area contributed by atoms with Gasteiger partial charge in [0.1, 0.15) is 10.8 Å². The van der Waals surface area contributed by atoms with E-state index < -0.39 is 0 Å². The molecule has 114 valence electrons. The summed E-state index contributed by atoms with van der Waals surface area (Å²) in [6, 6.07) is 2.11. The lowest BCUT2D eigenvalue weighted by atomic mass is 10.1. The van der Waals surface area contributed by atoms with Crippen LogP contribution in [0.5, 0.6) is 0 Å². The third-order valence-electron chi connectivity index (χ3n) is 4.12. The van der Waals surface area contributed by atoms with Crippen LogP contribution in [-0.2, 0) is 17.6 Å². The van der Waals surface area contributed by atoms with Gasteiger partial charge in [-0.1, -0.05) is 12.2 Å². The molecule has 0 amide bonds. The number of nitrogens with one attached hydrogen (secondary N) is 1. The van der Waals surface area contributed by atoms with Crippen molar-refractivity contribution in [1.29, 1.82) is 0 Å². The maximum absolute atomic E-state index is 5.83. The summed E-state index contributed by atoms with van der Waals surface area (Å²) in [5, 5.41) is 3.37. The number of hydrogen-bond acceptors (Lipinski definition) is 4. The standard InChI is InChI=1S/C16H23N3OS/c17-15(21)13-9-12-3-1-4-14(12)19-16(13)18-7-2-8-20-10-11-5-6-11/h9,11H,1-8,10H2,(H2,17,21)(H,18,19). The van der Waals surface area contributed by atoms with Gasteiger partial charge < -0.3 is 15.8 Å². The third-order valence-corrected chi connectivity index (χ3v) is 4.34. The maximum Gasteiger partial charge on any atom is 0.136 e. The van der Waals surface area contributed by atoms with E-state index >= 15 is 0 Å². The molecular formula is C16H23N3OS. The fraction of sp³-hybridized carbons (Fsp3) is 0.625. The van der Waals surface area contributed by atoms with Crippen LogP contribution in [0.4, 0.5) is 5.82 Å². The van der Waals surface area contributed by atoms with Gasteiger partial charge in [0.25, 0.3) is 0 Å². The quantitative estimate of drug-likeness (QED) is 0.570. The summed E-state index contributed by atoms with van der Waals surface area (Å²) >= 11 is 5.15. The molecule has 0 aliphatic heterocycles. The molecule has 0 saturated heterocycles. The van der Waals surface area contributed by atoms with Crippen molar-refractivity contribution >= 4 is 23.0 Å². The van der Waals surface area contributed by atoms with Crippen molar-refractivity contribution in [2.75, 3.05) is 25.1 Å². The Balaban J connectivity index is 1.52. The number of hydrogen-bond donors (Lipinski definition) is 2. The number of thiocarbonyl (C=S) groups is 1. The van der Waals surface area contributed by atoms with Gasteiger partial charge >= 0.3 is 0 Å². The van der Waals surface area contributed by atoms with Gasteiger partial charge in [0.05, 0.1) is 5.56 Å². The first-order valence-corrected chi connectivity index (χ1v) is 8.29. The Labute approximate surface area is 131 Å². The summed E-state index contributed by atoms with van der Waals surface area (Å²) in [5.74, 6) is 1.67. The third kappa shape index (κ3) is 3.92. The lowest BCUT2D eigenvalue weighted by Gasteiger charge is -2.12. The van der Waals surface area contributed by atoms with E-state index in [-0.39, 0.29) is 0 Å². The Morgan fingerprint density at radius 1 is 1.43 bits per heavy atom. The monoisotopic (exact) mass is 305 g/mol. The average molecular weight is 305 g/mol. The molecule has 3 N–H and O–H groups in total. The molecule has 21 heavy (non-hydrogen) atoms. The van der Waals surface area contributed by atoms with Crippen molar-refractivity contribution in [2.45, 2.75) is 38.5 Å². The summed E-state index contributed by atoms with van der Waals surface area (Å²) in [7, 11) is 0. The zero-order valence-corrected chi connectivity index (χ0v) is 13.2. The molecule has 0 atom stereocenters. The molecule has 1 aromatic heterocycles. The van der Waals surface area contributed by atoms with Crippen LogP contribution >= 0.6 is 12.2 Å². The molecule has 1 heterocycles. The summed E-state index contributed by atoms with van der Waals surface area (Å²) in [6.45, 7) is 2.57. The van der Waals surface area contributed by atoms with E-state index in [4.69, 9.17) is 27.7 Å². The topological polar surface area (TPSA) is 60.2 Å². The Hall–Kier alpha value is -1.20. The number of nitrogens with two attached hydrogens (primary N) is 1. The Bertz CT molecular complexity index is 528. The van der Waals surface area contributed by atoms with E-state index in [9.17, 15) is 0 Å². The first-order valence-electron chi connectivity index (χ1n) is 7.88. The molecule has 0 unspecified atom stereocenters. The summed E-state index contributed by atoms with van der Waals surface area (Å²) in [4.78, 5) is 5.13. The van der Waals surface area contributed by atoms with Crippen LogP contribution in [-0.4, -0.2) is 29.7 Å². The Kier molecular flexibility index (Phi) is 4.70. The second-order valence-electron chi connectivity index (χ2n) is 6.01. The van der Waals surface area contributed by atoms with Gasteiger partial charge in [0.15, 0.2) is 0 Å². The second kappa shape index (κ2) is 6.71. The van der Waals surface area contributed by atoms with Crippen LogP contribution in [0.25, 0.3) is 0 Å². The molecule has 0 spiro atoms. The molecule has 4 nitrogen and oxygen atoms in total. The highest BCUT2D eigenvalue weighted by Crippen LogP contribution is 2.28. The predicted molar refractivity (Wildman–Crippen MR) is 88.8 cm³/mol. The number of fused-ring (bicyclic) bond motifs is 1. The van der Waals surface area contributed by atoms with Gasteiger partial charge in [-0.05, 0) is 56.1 Å². The van der Waals surface area contributed by atoms with Crippen LogP contribution < -0.4 is 11.1 Å². The van der Waals surface area contributed by atoms with E-state index in [0.29, 0.717) is 4.99 Å². The average Bonchev–Trinajstić information content (AvgIpc) is 3.17. The number of rotatable bonds is 8. The minimum Gasteiger partial charge on any atom is -0.389 e. The number of aryl methyl sites for hydroxylation is 2. The fourth-order valence-electron chi connectivity index (χ4n) is 2.71. The van der Waals surface area contributed by atoms with E-state index in [1.807, 2.05) is 0 Å². The lowest BCUT2D eigenvalue weighted by molar-refractivity contribution is 0.124. The molecule has 5 heteroatoms. The smallest absolute Gasteiger partial charge is 0.136 e. The van der Waals surface area contributed by atoms with E-state index in [1.165, 1.54) is 30.5 Å². The molecule has 3 rings (SSSR count). The number of nitrogens with zero attached hydrogens (tertiary/aromatic N) is 1. The molecule has 2 aliphatic carbocycles. The molecule has 0 aromatic carbocycles. The fourth-order valence-corrected chi connectivity index (χ4v) is 2.87. The van der Waals surface area contributed by atoms with Gasteiger partial charge in [-0.25, -0.2) is 4.98 Å². The van der Waals surface area contributed by atoms with E-state index in [1.54, 1.807) is 0 Å². The van der Waals surface area contributed by atoms with Crippen molar-refractivity contribution in [3.63, 3.8) is 0 Å². The van der Waals surface area contributed by atoms with Gasteiger partial charge in [-0.2, -0.15) is 0 Å². The minimum absolute atomic E-state index is 0.421. The van der Waals surface area contributed by atoms with Crippen LogP contribution in [0.15, 0.2) is 6.07 Å². The summed E-state index contributed by atoms with van der Waals surface area (Å²) < 4.78 is 5.64. The first kappa shape index (κ1) is 14.7. The van der Waals surface area contributed by atoms with E-state index in [2.05, 4.69) is 11.4 Å². The highest BCUT2D eigenvalue weighted by molar-refractivity contribution is 7.80. The second-order valence-corrected chi connectivity index (χ2v) is 6.45. The highest BCUT2D eigenvalue weighted by Gasteiger charge is 2.21. The van der Waals surface area contributed by atoms with Crippen LogP contribution in [0, 0.1) is 5.92 Å². The normalized spacial score (nSPS) is 16.8. The summed E-state index contributed by atoms with van der Waals surface area (Å²) in [6.07, 6.45) is 6.99. The molecule has 2 aliphatic rings. The van der Waals surface area contributed by atoms with Crippen molar-refractivity contribution in [1.82, 2.24) is 4.98 Å². The van der Waals surface area contributed by atoms with Gasteiger partial charge in [-0.15, -0.1) is 0 Å². The number of aromatic nitrogens is 1. The molecule has 1 saturated carbocycles. The first-order chi connectivity index (χ1) is 10.2. The van der Waals surface area contributed by atoms with Crippen molar-refractivity contribution in [3.05, 3.63) is 22.9 Å². The maximum atomic E-state index is 5.83. The van der Waals surface area contributed by atoms with Crippen LogP contribution in [0.1, 0.15) is 42.5 Å². The van der Waals surface area contributed by atoms with Crippen LogP contribution in [0.3, 0.4) is 0 Å². The van der Waals surface area contributed by atoms with E-state index in [0.717, 1.165) is 56.3 Å². The van der Waals surface area contributed by atoms with Crippen molar-refractivity contribution < 1.29 is 4.74 Å². The van der Waals surface area contributed by atoms with Gasteiger partial charge in [0, 0.05) is 25.5 Å². The zero-order chi connectivity index (χ0) is 14.7. The van der Waals surface area contributed by atoms with Gasteiger partial charge in [-0.3, -0.25) is 0 Å². The number of ether oxygens (including phenoxy) is 1. The SMILES string of the molecule is NC(=S)c1cc2c(nc1NCCCOCC1CC1)CCC2. The number of pyridine rings is 1. The highest BCUT2D eigenvalue weighted by atomic mass is 32.1. The van der Waals surface area contributed by atoms with Crippen molar-refractivity contribution in [3.8, 4) is 0 Å². The molecule has 1 fully saturated rings. The van der Waals surface area contributed by atoms with Crippen molar-refractivity contribution in [2.24, 2.45) is 11.7 Å². The Morgan fingerprint density at radius 2 is 2.29 bits per heavy atom. The largest absolute Gasteiger partial charge is 0.389 e. The molecule has 0 bridgehead atoms.